The Hall–Kier alpha value is -3.99. The maximum atomic E-state index is 6.13. The quantitative estimate of drug-likeness (QED) is 0.401. The van der Waals surface area contributed by atoms with E-state index in [4.69, 9.17) is 9.47 Å². The van der Waals surface area contributed by atoms with Gasteiger partial charge in [-0.05, 0) is 42.5 Å². The number of ether oxygens (including phenoxy) is 2. The molecule has 30 heavy (non-hydrogen) atoms. The number of fused-ring (bicyclic) bond motifs is 1. The fraction of sp³-hybridized carbons (Fsp3) is 0.0800. The van der Waals surface area contributed by atoms with Crippen LogP contribution in [-0.4, -0.2) is 18.7 Å². The number of pyridine rings is 1. The van der Waals surface area contributed by atoms with Gasteiger partial charge in [-0.1, -0.05) is 30.3 Å². The summed E-state index contributed by atoms with van der Waals surface area (Å²) >= 11 is 0. The molecule has 0 saturated carbocycles. The summed E-state index contributed by atoms with van der Waals surface area (Å²) in [4.78, 5) is 8.71. The van der Waals surface area contributed by atoms with Crippen molar-refractivity contribution in [1.29, 1.82) is 0 Å². The number of benzene rings is 3. The van der Waals surface area contributed by atoms with Crippen molar-refractivity contribution in [1.82, 2.24) is 4.98 Å². The number of hydrogen-bond acceptors (Lipinski definition) is 5. The maximum Gasteiger partial charge on any atom is 0.219 e. The van der Waals surface area contributed by atoms with E-state index in [1.54, 1.807) is 6.20 Å². The zero-order chi connectivity index (χ0) is 20.3. The highest BCUT2D eigenvalue weighted by molar-refractivity contribution is 5.82. The monoisotopic (exact) mass is 395 g/mol. The SMILES string of the molecule is CN1CN(c2cccc(Oc3cccc(Oc4ccccn4)c3)c2)c2ccccc21. The molecule has 0 amide bonds. The van der Waals surface area contributed by atoms with Crippen LogP contribution in [0.4, 0.5) is 17.1 Å². The van der Waals surface area contributed by atoms with Crippen molar-refractivity contribution in [2.45, 2.75) is 0 Å². The predicted octanol–water partition coefficient (Wildman–Crippen LogP) is 6.21. The van der Waals surface area contributed by atoms with Crippen molar-refractivity contribution in [2.24, 2.45) is 0 Å². The van der Waals surface area contributed by atoms with Crippen LogP contribution in [0.1, 0.15) is 0 Å². The number of nitrogens with zero attached hydrogens (tertiary/aromatic N) is 3. The van der Waals surface area contributed by atoms with Gasteiger partial charge < -0.3 is 19.3 Å². The molecule has 5 rings (SSSR count). The molecule has 1 aliphatic heterocycles. The summed E-state index contributed by atoms with van der Waals surface area (Å²) in [5, 5.41) is 0. The molecular weight excluding hydrogens is 374 g/mol. The summed E-state index contributed by atoms with van der Waals surface area (Å²) in [5.41, 5.74) is 3.51. The van der Waals surface area contributed by atoms with Gasteiger partial charge in [0.25, 0.3) is 0 Å². The van der Waals surface area contributed by atoms with E-state index in [2.05, 4.69) is 58.2 Å². The number of anilines is 3. The summed E-state index contributed by atoms with van der Waals surface area (Å²) < 4.78 is 11.9. The highest BCUT2D eigenvalue weighted by atomic mass is 16.5. The van der Waals surface area contributed by atoms with Crippen molar-refractivity contribution >= 4 is 17.1 Å². The van der Waals surface area contributed by atoms with Crippen LogP contribution < -0.4 is 19.3 Å². The molecule has 1 aromatic heterocycles. The number of hydrogen-bond donors (Lipinski definition) is 0. The van der Waals surface area contributed by atoms with Crippen LogP contribution in [-0.2, 0) is 0 Å². The summed E-state index contributed by atoms with van der Waals surface area (Å²) in [6.45, 7) is 0.802. The minimum Gasteiger partial charge on any atom is -0.457 e. The van der Waals surface area contributed by atoms with Crippen LogP contribution in [0.2, 0.25) is 0 Å². The minimum absolute atomic E-state index is 0.550. The number of rotatable bonds is 5. The molecule has 0 aliphatic carbocycles. The molecule has 5 nitrogen and oxygen atoms in total. The second-order valence-electron chi connectivity index (χ2n) is 7.10. The number of aromatic nitrogens is 1. The van der Waals surface area contributed by atoms with E-state index in [0.717, 1.165) is 18.1 Å². The standard InChI is InChI=1S/C25H21N3O2/c1-27-18-28(24-13-3-2-12-23(24)27)19-8-6-9-20(16-19)29-21-10-7-11-22(17-21)30-25-14-4-5-15-26-25/h2-17H,18H2,1H3. The van der Waals surface area contributed by atoms with E-state index < -0.39 is 0 Å². The second-order valence-corrected chi connectivity index (χ2v) is 7.10. The average Bonchev–Trinajstić information content (AvgIpc) is 3.12. The van der Waals surface area contributed by atoms with E-state index in [1.807, 2.05) is 54.6 Å². The zero-order valence-corrected chi connectivity index (χ0v) is 16.6. The predicted molar refractivity (Wildman–Crippen MR) is 119 cm³/mol. The lowest BCUT2D eigenvalue weighted by molar-refractivity contribution is 0.449. The average molecular weight is 395 g/mol. The summed E-state index contributed by atoms with van der Waals surface area (Å²) in [5.74, 6) is 2.71. The van der Waals surface area contributed by atoms with Gasteiger partial charge in [0, 0.05) is 37.1 Å². The lowest BCUT2D eigenvalue weighted by Gasteiger charge is -2.20. The third-order valence-corrected chi connectivity index (χ3v) is 4.97. The zero-order valence-electron chi connectivity index (χ0n) is 16.6. The van der Waals surface area contributed by atoms with Crippen molar-refractivity contribution in [3.63, 3.8) is 0 Å². The van der Waals surface area contributed by atoms with Crippen molar-refractivity contribution in [3.05, 3.63) is 97.2 Å². The normalized spacial score (nSPS) is 12.6. The highest BCUT2D eigenvalue weighted by Gasteiger charge is 2.24. The molecule has 4 aromatic rings. The molecule has 0 atom stereocenters. The fourth-order valence-corrected chi connectivity index (χ4v) is 3.58. The van der Waals surface area contributed by atoms with E-state index >= 15 is 0 Å². The molecule has 2 heterocycles. The van der Waals surface area contributed by atoms with Crippen molar-refractivity contribution < 1.29 is 9.47 Å². The first-order chi connectivity index (χ1) is 14.8. The lowest BCUT2D eigenvalue weighted by Crippen LogP contribution is -2.23. The molecule has 5 heteroatoms. The first-order valence-corrected chi connectivity index (χ1v) is 9.81. The van der Waals surface area contributed by atoms with Crippen LogP contribution >= 0.6 is 0 Å². The Balaban J connectivity index is 1.36. The smallest absolute Gasteiger partial charge is 0.219 e. The third-order valence-electron chi connectivity index (χ3n) is 4.97. The van der Waals surface area contributed by atoms with Crippen molar-refractivity contribution in [2.75, 3.05) is 23.5 Å². The topological polar surface area (TPSA) is 37.8 Å². The van der Waals surface area contributed by atoms with Crippen LogP contribution in [0.3, 0.4) is 0 Å². The van der Waals surface area contributed by atoms with Crippen LogP contribution in [0.5, 0.6) is 23.1 Å². The van der Waals surface area contributed by atoms with Gasteiger partial charge in [-0.3, -0.25) is 0 Å². The molecule has 0 fully saturated rings. The first kappa shape index (κ1) is 18.1. The van der Waals surface area contributed by atoms with E-state index in [9.17, 15) is 0 Å². The Morgan fingerprint density at radius 2 is 1.40 bits per heavy atom. The molecule has 0 N–H and O–H groups in total. The largest absolute Gasteiger partial charge is 0.457 e. The van der Waals surface area contributed by atoms with Gasteiger partial charge in [0.2, 0.25) is 5.88 Å². The molecule has 0 radical (unpaired) electrons. The van der Waals surface area contributed by atoms with Crippen LogP contribution in [0, 0.1) is 0 Å². The molecule has 0 saturated heterocycles. The summed E-state index contributed by atoms with van der Waals surface area (Å²) in [7, 11) is 2.10. The van der Waals surface area contributed by atoms with Gasteiger partial charge >= 0.3 is 0 Å². The van der Waals surface area contributed by atoms with Gasteiger partial charge in [-0.2, -0.15) is 0 Å². The van der Waals surface area contributed by atoms with E-state index in [0.29, 0.717) is 17.4 Å². The minimum atomic E-state index is 0.550. The molecule has 148 valence electrons. The molecule has 3 aromatic carbocycles. The molecule has 0 unspecified atom stereocenters. The van der Waals surface area contributed by atoms with Gasteiger partial charge in [-0.15, -0.1) is 0 Å². The Kier molecular flexibility index (Phi) is 4.69. The first-order valence-electron chi connectivity index (χ1n) is 9.81. The fourth-order valence-electron chi connectivity index (χ4n) is 3.58. The Morgan fingerprint density at radius 3 is 2.20 bits per heavy atom. The Morgan fingerprint density at radius 1 is 0.700 bits per heavy atom. The number of para-hydroxylation sites is 2. The molecule has 0 bridgehead atoms. The van der Waals surface area contributed by atoms with Gasteiger partial charge in [0.15, 0.2) is 0 Å². The third kappa shape index (κ3) is 3.65. The van der Waals surface area contributed by atoms with Gasteiger partial charge in [0.1, 0.15) is 17.2 Å². The van der Waals surface area contributed by atoms with Crippen LogP contribution in [0.15, 0.2) is 97.2 Å². The van der Waals surface area contributed by atoms with Crippen molar-refractivity contribution in [3.8, 4) is 23.1 Å². The Labute approximate surface area is 175 Å². The summed E-state index contributed by atoms with van der Waals surface area (Å²) in [6.07, 6.45) is 1.70. The highest BCUT2D eigenvalue weighted by Crippen LogP contribution is 2.40. The van der Waals surface area contributed by atoms with Crippen LogP contribution in [0.25, 0.3) is 0 Å². The molecular formula is C25H21N3O2. The Bertz CT molecular complexity index is 1160. The molecule has 1 aliphatic rings. The second kappa shape index (κ2) is 7.79. The van der Waals surface area contributed by atoms with E-state index in [-0.39, 0.29) is 0 Å². The van der Waals surface area contributed by atoms with Gasteiger partial charge in [-0.25, -0.2) is 4.98 Å². The summed E-state index contributed by atoms with van der Waals surface area (Å²) in [6, 6.07) is 29.7. The van der Waals surface area contributed by atoms with E-state index in [1.165, 1.54) is 11.4 Å². The van der Waals surface area contributed by atoms with Gasteiger partial charge in [0.05, 0.1) is 18.0 Å². The maximum absolute atomic E-state index is 6.13. The molecule has 0 spiro atoms. The lowest BCUT2D eigenvalue weighted by atomic mass is 10.2.